The van der Waals surface area contributed by atoms with Gasteiger partial charge in [0.1, 0.15) is 12.6 Å². The maximum Gasteiger partial charge on any atom is 0.323 e. The van der Waals surface area contributed by atoms with Gasteiger partial charge in [-0.1, -0.05) is 30.3 Å². The molecule has 1 heterocycles. The van der Waals surface area contributed by atoms with E-state index >= 15 is 0 Å². The summed E-state index contributed by atoms with van der Waals surface area (Å²) in [6, 6.07) is 9.65. The second-order valence-corrected chi connectivity index (χ2v) is 11.7. The Morgan fingerprint density at radius 3 is 2.51 bits per heavy atom. The van der Waals surface area contributed by atoms with Gasteiger partial charge >= 0.3 is 5.97 Å². The molecular weight excluding hydrogens is 524 g/mol. The molecule has 212 valence electrons. The number of fused-ring (bicyclic) bond motifs is 1. The lowest BCUT2D eigenvalue weighted by molar-refractivity contribution is -0.147. The number of carboxylic acid groups (broad SMARTS) is 1. The highest BCUT2D eigenvalue weighted by atomic mass is 32.2. The fourth-order valence-corrected chi connectivity index (χ4v) is 5.82. The number of carbonyl (C=O) groups is 3. The van der Waals surface area contributed by atoms with Gasteiger partial charge in [-0.15, -0.1) is 0 Å². The smallest absolute Gasteiger partial charge is 0.323 e. The number of aliphatic carboxylic acids is 1. The number of nitrogens with one attached hydrogen (secondary N) is 3. The summed E-state index contributed by atoms with van der Waals surface area (Å²) in [5.41, 5.74) is 5.58. The number of likely N-dealkylation sites (tertiary alicyclic amines) is 1. The van der Waals surface area contributed by atoms with Crippen molar-refractivity contribution in [2.24, 2.45) is 11.7 Å². The number of sulfonamides is 1. The van der Waals surface area contributed by atoms with E-state index in [1.165, 1.54) is 12.1 Å². The third-order valence-corrected chi connectivity index (χ3v) is 8.15. The zero-order valence-corrected chi connectivity index (χ0v) is 22.9. The zero-order valence-electron chi connectivity index (χ0n) is 22.1. The number of nitrogens with two attached hydrogens (primary N) is 1. The minimum absolute atomic E-state index is 0.0352. The lowest BCUT2D eigenvalue weighted by Crippen LogP contribution is -2.53. The third kappa shape index (κ3) is 8.14. The van der Waals surface area contributed by atoms with E-state index in [1.807, 2.05) is 12.1 Å². The van der Waals surface area contributed by atoms with Crippen molar-refractivity contribution in [3.8, 4) is 0 Å². The van der Waals surface area contributed by atoms with Gasteiger partial charge in [-0.05, 0) is 55.5 Å². The Balaban J connectivity index is 1.80. The van der Waals surface area contributed by atoms with Crippen molar-refractivity contribution in [1.29, 1.82) is 5.41 Å². The van der Waals surface area contributed by atoms with Crippen LogP contribution in [0.1, 0.15) is 33.1 Å². The molecule has 3 rings (SSSR count). The number of nitrogens with zero attached hydrogens (tertiary/aromatic N) is 2. The molecule has 0 saturated carbocycles. The minimum atomic E-state index is -4.25. The Hall–Kier alpha value is -3.71. The molecule has 2 atom stereocenters. The molecule has 2 aromatic rings. The van der Waals surface area contributed by atoms with Crippen LogP contribution in [0.15, 0.2) is 47.4 Å². The van der Waals surface area contributed by atoms with Crippen LogP contribution in [-0.2, 0) is 24.4 Å². The van der Waals surface area contributed by atoms with Crippen molar-refractivity contribution in [1.82, 2.24) is 19.8 Å². The van der Waals surface area contributed by atoms with E-state index in [2.05, 4.69) is 10.0 Å². The zero-order chi connectivity index (χ0) is 28.7. The topological polar surface area (TPSA) is 186 Å². The Labute approximate surface area is 228 Å². The van der Waals surface area contributed by atoms with Crippen LogP contribution >= 0.6 is 0 Å². The summed E-state index contributed by atoms with van der Waals surface area (Å²) in [7, 11) is -4.25. The number of guanidine groups is 1. The highest BCUT2D eigenvalue weighted by molar-refractivity contribution is 7.89. The maximum absolute atomic E-state index is 13.4. The van der Waals surface area contributed by atoms with Crippen molar-refractivity contribution in [2.45, 2.75) is 50.1 Å². The van der Waals surface area contributed by atoms with Gasteiger partial charge < -0.3 is 26.0 Å². The van der Waals surface area contributed by atoms with E-state index < -0.39 is 52.9 Å². The van der Waals surface area contributed by atoms with Crippen LogP contribution in [0.3, 0.4) is 0 Å². The number of piperidine rings is 1. The van der Waals surface area contributed by atoms with Crippen LogP contribution in [0.2, 0.25) is 0 Å². The first-order valence-corrected chi connectivity index (χ1v) is 14.2. The molecule has 2 amide bonds. The number of benzene rings is 2. The standard InChI is InChI=1S/C26H36N6O6S/c1-17(2)32(16-24(34)35)25(36)22(13-23(33)29-14-18-6-5-11-31(15-18)26(27)28)30-39(37,38)21-10-9-19-7-3-4-8-20(19)12-21/h3-4,7-10,12,17-18,22,30H,5-6,11,13-16H2,1-2H3,(H3,27,28)(H,29,33)(H,34,35)/t18-,22-/m0/s1. The van der Waals surface area contributed by atoms with Crippen molar-refractivity contribution in [2.75, 3.05) is 26.2 Å². The summed E-state index contributed by atoms with van der Waals surface area (Å²) in [6.07, 6.45) is 1.11. The van der Waals surface area contributed by atoms with Gasteiger partial charge in [0.15, 0.2) is 5.96 Å². The predicted octanol–water partition coefficient (Wildman–Crippen LogP) is 0.920. The van der Waals surface area contributed by atoms with E-state index in [-0.39, 0.29) is 23.3 Å². The molecule has 1 saturated heterocycles. The van der Waals surface area contributed by atoms with Gasteiger partial charge in [0, 0.05) is 25.7 Å². The Bertz CT molecular complexity index is 1330. The molecule has 12 nitrogen and oxygen atoms in total. The van der Waals surface area contributed by atoms with E-state index in [0.717, 1.165) is 23.1 Å². The number of amides is 2. The van der Waals surface area contributed by atoms with Crippen LogP contribution < -0.4 is 15.8 Å². The monoisotopic (exact) mass is 560 g/mol. The first kappa shape index (κ1) is 29.8. The quantitative estimate of drug-likeness (QED) is 0.198. The maximum atomic E-state index is 13.4. The largest absolute Gasteiger partial charge is 0.480 e. The molecule has 0 aromatic heterocycles. The molecule has 0 unspecified atom stereocenters. The number of carboxylic acids is 1. The molecule has 1 fully saturated rings. The second-order valence-electron chi connectivity index (χ2n) is 9.98. The predicted molar refractivity (Wildman–Crippen MR) is 146 cm³/mol. The van der Waals surface area contributed by atoms with Gasteiger partial charge in [-0.3, -0.25) is 19.8 Å². The summed E-state index contributed by atoms with van der Waals surface area (Å²) in [6.45, 7) is 4.02. The normalized spacial score (nSPS) is 16.6. The van der Waals surface area contributed by atoms with Gasteiger partial charge in [-0.25, -0.2) is 8.42 Å². The molecule has 0 bridgehead atoms. The van der Waals surface area contributed by atoms with Crippen molar-refractivity contribution >= 4 is 44.5 Å². The highest BCUT2D eigenvalue weighted by Gasteiger charge is 2.33. The van der Waals surface area contributed by atoms with E-state index in [1.54, 1.807) is 36.9 Å². The first-order chi connectivity index (χ1) is 18.4. The van der Waals surface area contributed by atoms with Crippen LogP contribution in [0.5, 0.6) is 0 Å². The van der Waals surface area contributed by atoms with Crippen LogP contribution in [0.25, 0.3) is 10.8 Å². The van der Waals surface area contributed by atoms with Crippen molar-refractivity contribution < 1.29 is 27.9 Å². The van der Waals surface area contributed by atoms with Crippen LogP contribution in [0, 0.1) is 11.3 Å². The summed E-state index contributed by atoms with van der Waals surface area (Å²) in [4.78, 5) is 40.4. The van der Waals surface area contributed by atoms with Crippen LogP contribution in [-0.4, -0.2) is 85.3 Å². The van der Waals surface area contributed by atoms with Gasteiger partial charge in [0.2, 0.25) is 21.8 Å². The molecule has 1 aliphatic heterocycles. The number of hydrogen-bond acceptors (Lipinski definition) is 6. The summed E-state index contributed by atoms with van der Waals surface area (Å²) in [5, 5.41) is 21.2. The molecule has 39 heavy (non-hydrogen) atoms. The molecule has 13 heteroatoms. The minimum Gasteiger partial charge on any atom is -0.480 e. The number of rotatable bonds is 11. The number of carbonyl (C=O) groups excluding carboxylic acids is 2. The fraction of sp³-hybridized carbons (Fsp3) is 0.462. The lowest BCUT2D eigenvalue weighted by Gasteiger charge is -2.33. The summed E-state index contributed by atoms with van der Waals surface area (Å²) >= 11 is 0. The fourth-order valence-electron chi connectivity index (χ4n) is 4.60. The van der Waals surface area contributed by atoms with E-state index in [0.29, 0.717) is 18.5 Å². The molecule has 6 N–H and O–H groups in total. The van der Waals surface area contributed by atoms with E-state index in [4.69, 9.17) is 11.1 Å². The lowest BCUT2D eigenvalue weighted by atomic mass is 9.98. The van der Waals surface area contributed by atoms with Gasteiger partial charge in [0.25, 0.3) is 0 Å². The Morgan fingerprint density at radius 2 is 1.87 bits per heavy atom. The second kappa shape index (κ2) is 12.9. The van der Waals surface area contributed by atoms with Crippen LogP contribution in [0.4, 0.5) is 0 Å². The molecule has 2 aromatic carbocycles. The van der Waals surface area contributed by atoms with E-state index in [9.17, 15) is 27.9 Å². The Kier molecular flexibility index (Phi) is 9.86. The molecule has 1 aliphatic rings. The molecule has 0 radical (unpaired) electrons. The average molecular weight is 561 g/mol. The number of hydrogen-bond donors (Lipinski definition) is 5. The molecule has 0 spiro atoms. The average Bonchev–Trinajstić information content (AvgIpc) is 2.89. The summed E-state index contributed by atoms with van der Waals surface area (Å²) < 4.78 is 29.0. The van der Waals surface area contributed by atoms with Crippen molar-refractivity contribution in [3.63, 3.8) is 0 Å². The summed E-state index contributed by atoms with van der Waals surface area (Å²) in [5.74, 6) is -2.63. The molecular formula is C26H36N6O6S. The van der Waals surface area contributed by atoms with Crippen molar-refractivity contribution in [3.05, 3.63) is 42.5 Å². The first-order valence-electron chi connectivity index (χ1n) is 12.8. The Morgan fingerprint density at radius 1 is 1.18 bits per heavy atom. The third-order valence-electron chi connectivity index (χ3n) is 6.68. The SMILES string of the molecule is CC(C)N(CC(=O)O)C(=O)[C@H](CC(=O)NC[C@@H]1CCCN(C(=N)N)C1)NS(=O)(=O)c1ccc2ccccc2c1. The molecule has 0 aliphatic carbocycles. The highest BCUT2D eigenvalue weighted by Crippen LogP contribution is 2.20. The van der Waals surface area contributed by atoms with Gasteiger partial charge in [0.05, 0.1) is 11.3 Å². The van der Waals surface area contributed by atoms with Gasteiger partial charge in [-0.2, -0.15) is 4.72 Å².